The number of hydrogen-bond donors (Lipinski definition) is 3. The van der Waals surface area contributed by atoms with E-state index in [0.717, 1.165) is 0 Å². The zero-order valence-corrected chi connectivity index (χ0v) is 12.7. The van der Waals surface area contributed by atoms with Gasteiger partial charge < -0.3 is 21.1 Å². The van der Waals surface area contributed by atoms with Crippen molar-refractivity contribution in [2.24, 2.45) is 5.73 Å². The number of nitrogens with zero attached hydrogens (tertiary/aromatic N) is 1. The maximum Gasteiger partial charge on any atom is 0.255 e. The third kappa shape index (κ3) is 4.52. The van der Waals surface area contributed by atoms with E-state index < -0.39 is 0 Å². The molecule has 7 heteroatoms. The highest BCUT2D eigenvalue weighted by Crippen LogP contribution is 2.28. The molecule has 1 heterocycles. The van der Waals surface area contributed by atoms with E-state index in [-0.39, 0.29) is 24.8 Å². The van der Waals surface area contributed by atoms with Gasteiger partial charge in [0.05, 0.1) is 12.8 Å². The standard InChI is InChI=1S/C16H18N4O3/c1-23-14-10-12(19-15(21)4-7-17)2-3-13(14)20-16(22)11-5-8-18-9-6-11/h2-3,5-6,8-10H,4,7,17H2,1H3,(H,19,21)(H,20,22). The van der Waals surface area contributed by atoms with Gasteiger partial charge in [0.1, 0.15) is 5.75 Å². The molecule has 0 radical (unpaired) electrons. The number of carbonyl (C=O) groups excluding carboxylic acids is 2. The van der Waals surface area contributed by atoms with Crippen LogP contribution in [0, 0.1) is 0 Å². The molecular weight excluding hydrogens is 296 g/mol. The van der Waals surface area contributed by atoms with Crippen molar-refractivity contribution in [2.45, 2.75) is 6.42 Å². The van der Waals surface area contributed by atoms with Crippen LogP contribution < -0.4 is 21.1 Å². The summed E-state index contributed by atoms with van der Waals surface area (Å²) in [4.78, 5) is 27.6. The van der Waals surface area contributed by atoms with E-state index in [4.69, 9.17) is 10.5 Å². The Hall–Kier alpha value is -2.93. The Bertz CT molecular complexity index is 689. The van der Waals surface area contributed by atoms with Crippen molar-refractivity contribution < 1.29 is 14.3 Å². The normalized spacial score (nSPS) is 10.0. The highest BCUT2D eigenvalue weighted by molar-refractivity contribution is 6.05. The Balaban J connectivity index is 2.13. The predicted octanol–water partition coefficient (Wildman–Crippen LogP) is 1.63. The number of rotatable bonds is 6. The number of benzene rings is 1. The topological polar surface area (TPSA) is 106 Å². The Morgan fingerprint density at radius 2 is 1.91 bits per heavy atom. The average Bonchev–Trinajstić information content (AvgIpc) is 2.57. The molecule has 2 aromatic rings. The van der Waals surface area contributed by atoms with E-state index in [1.807, 2.05) is 0 Å². The first-order valence-corrected chi connectivity index (χ1v) is 7.03. The van der Waals surface area contributed by atoms with Gasteiger partial charge in [-0.05, 0) is 24.3 Å². The molecular formula is C16H18N4O3. The molecule has 0 saturated heterocycles. The first-order valence-electron chi connectivity index (χ1n) is 7.03. The lowest BCUT2D eigenvalue weighted by atomic mass is 10.2. The summed E-state index contributed by atoms with van der Waals surface area (Å²) in [6.45, 7) is 0.281. The number of methoxy groups -OCH3 is 1. The van der Waals surface area contributed by atoms with Crippen molar-refractivity contribution >= 4 is 23.2 Å². The SMILES string of the molecule is COc1cc(NC(=O)CCN)ccc1NC(=O)c1ccncc1. The number of nitrogens with two attached hydrogens (primary N) is 1. The number of pyridine rings is 1. The van der Waals surface area contributed by atoms with Crippen LogP contribution in [0.15, 0.2) is 42.7 Å². The maximum atomic E-state index is 12.2. The lowest BCUT2D eigenvalue weighted by molar-refractivity contribution is -0.116. The second kappa shape index (κ2) is 7.90. The van der Waals surface area contributed by atoms with Crippen LogP contribution in [0.4, 0.5) is 11.4 Å². The largest absolute Gasteiger partial charge is 0.494 e. The molecule has 4 N–H and O–H groups in total. The van der Waals surface area contributed by atoms with Gasteiger partial charge in [0.25, 0.3) is 5.91 Å². The molecule has 2 amide bonds. The van der Waals surface area contributed by atoms with E-state index in [9.17, 15) is 9.59 Å². The Kier molecular flexibility index (Phi) is 5.65. The molecule has 7 nitrogen and oxygen atoms in total. The van der Waals surface area contributed by atoms with Crippen molar-refractivity contribution in [3.8, 4) is 5.75 Å². The summed E-state index contributed by atoms with van der Waals surface area (Å²) in [5, 5.41) is 5.47. The fourth-order valence-electron chi connectivity index (χ4n) is 1.92. The molecule has 120 valence electrons. The smallest absolute Gasteiger partial charge is 0.255 e. The first kappa shape index (κ1) is 16.4. The van der Waals surface area contributed by atoms with Crippen LogP contribution >= 0.6 is 0 Å². The van der Waals surface area contributed by atoms with Crippen LogP contribution in [0.25, 0.3) is 0 Å². The summed E-state index contributed by atoms with van der Waals surface area (Å²) in [7, 11) is 1.49. The second-order valence-corrected chi connectivity index (χ2v) is 4.69. The molecule has 0 aliphatic carbocycles. The minimum atomic E-state index is -0.273. The van der Waals surface area contributed by atoms with Crippen LogP contribution in [0.1, 0.15) is 16.8 Å². The summed E-state index contributed by atoms with van der Waals surface area (Å²) >= 11 is 0. The van der Waals surface area contributed by atoms with E-state index in [1.54, 1.807) is 42.7 Å². The number of nitrogens with one attached hydrogen (secondary N) is 2. The monoisotopic (exact) mass is 314 g/mol. The van der Waals surface area contributed by atoms with Crippen LogP contribution in [0.2, 0.25) is 0 Å². The Labute approximate surface area is 133 Å². The minimum absolute atomic E-state index is 0.178. The van der Waals surface area contributed by atoms with Crippen molar-refractivity contribution in [3.63, 3.8) is 0 Å². The number of ether oxygens (including phenoxy) is 1. The van der Waals surface area contributed by atoms with E-state index >= 15 is 0 Å². The second-order valence-electron chi connectivity index (χ2n) is 4.69. The lowest BCUT2D eigenvalue weighted by Crippen LogP contribution is -2.16. The van der Waals surface area contributed by atoms with E-state index in [1.165, 1.54) is 7.11 Å². The van der Waals surface area contributed by atoms with Crippen LogP contribution in [-0.2, 0) is 4.79 Å². The molecule has 1 aromatic heterocycles. The van der Waals surface area contributed by atoms with Crippen LogP contribution in [-0.4, -0.2) is 30.5 Å². The average molecular weight is 314 g/mol. The number of amides is 2. The Morgan fingerprint density at radius 3 is 2.57 bits per heavy atom. The molecule has 2 rings (SSSR count). The summed E-state index contributed by atoms with van der Waals surface area (Å²) < 4.78 is 5.26. The van der Waals surface area contributed by atoms with Gasteiger partial charge in [-0.15, -0.1) is 0 Å². The molecule has 0 saturated carbocycles. The van der Waals surface area contributed by atoms with Gasteiger partial charge in [0.2, 0.25) is 5.91 Å². The van der Waals surface area contributed by atoms with Crippen molar-refractivity contribution in [1.82, 2.24) is 4.98 Å². The third-order valence-electron chi connectivity index (χ3n) is 3.05. The van der Waals surface area contributed by atoms with Crippen molar-refractivity contribution in [2.75, 3.05) is 24.3 Å². The zero-order chi connectivity index (χ0) is 16.7. The predicted molar refractivity (Wildman–Crippen MR) is 87.5 cm³/mol. The van der Waals surface area contributed by atoms with Gasteiger partial charge in [-0.25, -0.2) is 0 Å². The van der Waals surface area contributed by atoms with Gasteiger partial charge in [-0.1, -0.05) is 0 Å². The molecule has 1 aromatic carbocycles. The van der Waals surface area contributed by atoms with Crippen LogP contribution in [0.5, 0.6) is 5.75 Å². The molecule has 0 atom stereocenters. The highest BCUT2D eigenvalue weighted by atomic mass is 16.5. The van der Waals surface area contributed by atoms with Crippen molar-refractivity contribution in [3.05, 3.63) is 48.3 Å². The van der Waals surface area contributed by atoms with Gasteiger partial charge >= 0.3 is 0 Å². The Morgan fingerprint density at radius 1 is 1.17 bits per heavy atom. The molecule has 0 aliphatic heterocycles. The fourth-order valence-corrected chi connectivity index (χ4v) is 1.92. The van der Waals surface area contributed by atoms with E-state index in [0.29, 0.717) is 22.7 Å². The molecule has 0 aliphatic rings. The zero-order valence-electron chi connectivity index (χ0n) is 12.7. The minimum Gasteiger partial charge on any atom is -0.494 e. The van der Waals surface area contributed by atoms with Gasteiger partial charge in [0, 0.05) is 42.7 Å². The summed E-state index contributed by atoms with van der Waals surface area (Å²) in [6.07, 6.45) is 3.33. The van der Waals surface area contributed by atoms with Crippen molar-refractivity contribution in [1.29, 1.82) is 0 Å². The summed E-state index contributed by atoms with van der Waals surface area (Å²) in [6, 6.07) is 8.21. The number of aromatic nitrogens is 1. The highest BCUT2D eigenvalue weighted by Gasteiger charge is 2.11. The lowest BCUT2D eigenvalue weighted by Gasteiger charge is -2.12. The maximum absolute atomic E-state index is 12.2. The molecule has 0 bridgehead atoms. The quantitative estimate of drug-likeness (QED) is 0.751. The van der Waals surface area contributed by atoms with Crippen LogP contribution in [0.3, 0.4) is 0 Å². The summed E-state index contributed by atoms with van der Waals surface area (Å²) in [5.41, 5.74) is 6.90. The fraction of sp³-hybridized carbons (Fsp3) is 0.188. The third-order valence-corrected chi connectivity index (χ3v) is 3.05. The number of carbonyl (C=O) groups is 2. The number of hydrogen-bond acceptors (Lipinski definition) is 5. The van der Waals surface area contributed by atoms with Gasteiger partial charge in [0.15, 0.2) is 0 Å². The first-order chi connectivity index (χ1) is 11.1. The van der Waals surface area contributed by atoms with Gasteiger partial charge in [-0.3, -0.25) is 14.6 Å². The number of anilines is 2. The van der Waals surface area contributed by atoms with E-state index in [2.05, 4.69) is 15.6 Å². The molecule has 0 spiro atoms. The van der Waals surface area contributed by atoms with Gasteiger partial charge in [-0.2, -0.15) is 0 Å². The molecule has 0 fully saturated rings. The molecule has 0 unspecified atom stereocenters. The summed E-state index contributed by atoms with van der Waals surface area (Å²) in [5.74, 6) is -0.00769. The molecule has 23 heavy (non-hydrogen) atoms.